The molecule has 0 bridgehead atoms. The minimum absolute atomic E-state index is 0.0209. The second-order valence-corrected chi connectivity index (χ2v) is 10.7. The zero-order valence-electron chi connectivity index (χ0n) is 19.8. The highest BCUT2D eigenvalue weighted by molar-refractivity contribution is 7.92. The molecule has 34 heavy (non-hydrogen) atoms. The van der Waals surface area contributed by atoms with Crippen LogP contribution in [-0.4, -0.2) is 50.0 Å². The van der Waals surface area contributed by atoms with Crippen molar-refractivity contribution in [2.75, 3.05) is 17.1 Å². The molecule has 1 N–H and O–H groups in total. The molecule has 0 aliphatic carbocycles. The van der Waals surface area contributed by atoms with E-state index in [2.05, 4.69) is 5.32 Å². The number of nitrogens with one attached hydrogen (secondary N) is 1. The predicted molar refractivity (Wildman–Crippen MR) is 133 cm³/mol. The monoisotopic (exact) mass is 511 g/mol. The summed E-state index contributed by atoms with van der Waals surface area (Å²) >= 11 is 6.01. The molecule has 2 aromatic rings. The maximum atomic E-state index is 13.3. The van der Waals surface area contributed by atoms with Gasteiger partial charge in [0.15, 0.2) is 0 Å². The van der Waals surface area contributed by atoms with Crippen LogP contribution in [0.1, 0.15) is 39.2 Å². The summed E-state index contributed by atoms with van der Waals surface area (Å²) in [5.74, 6) is -1.01. The Kier molecular flexibility index (Phi) is 9.88. The van der Waals surface area contributed by atoms with Gasteiger partial charge in [-0.25, -0.2) is 12.8 Å². The normalized spacial score (nSPS) is 12.3. The van der Waals surface area contributed by atoms with Crippen LogP contribution >= 0.6 is 11.6 Å². The topological polar surface area (TPSA) is 86.8 Å². The highest BCUT2D eigenvalue weighted by Crippen LogP contribution is 2.22. The van der Waals surface area contributed by atoms with E-state index in [4.69, 9.17) is 11.6 Å². The van der Waals surface area contributed by atoms with Gasteiger partial charge in [0.05, 0.1) is 11.9 Å². The van der Waals surface area contributed by atoms with Crippen LogP contribution in [0, 0.1) is 5.82 Å². The summed E-state index contributed by atoms with van der Waals surface area (Å²) in [7, 11) is -3.60. The number of anilines is 1. The molecule has 2 aromatic carbocycles. The van der Waals surface area contributed by atoms with E-state index in [9.17, 15) is 22.4 Å². The largest absolute Gasteiger partial charge is 0.352 e. The summed E-state index contributed by atoms with van der Waals surface area (Å²) in [5, 5.41) is 3.20. The molecular weight excluding hydrogens is 481 g/mol. The Morgan fingerprint density at radius 2 is 1.74 bits per heavy atom. The molecule has 0 aromatic heterocycles. The molecule has 7 nitrogen and oxygen atoms in total. The van der Waals surface area contributed by atoms with E-state index in [1.165, 1.54) is 21.3 Å². The summed E-state index contributed by atoms with van der Waals surface area (Å²) in [6.45, 7) is 5.48. The molecule has 10 heteroatoms. The summed E-state index contributed by atoms with van der Waals surface area (Å²) in [4.78, 5) is 27.2. The zero-order chi connectivity index (χ0) is 25.5. The minimum Gasteiger partial charge on any atom is -0.352 e. The average Bonchev–Trinajstić information content (AvgIpc) is 2.74. The Morgan fingerprint density at radius 1 is 1.09 bits per heavy atom. The number of amides is 2. The molecule has 2 amide bonds. The number of carbonyl (C=O) groups is 2. The molecule has 0 unspecified atom stereocenters. The van der Waals surface area contributed by atoms with Crippen molar-refractivity contribution in [3.63, 3.8) is 0 Å². The van der Waals surface area contributed by atoms with E-state index in [-0.39, 0.29) is 43.8 Å². The first-order chi connectivity index (χ1) is 15.9. The van der Waals surface area contributed by atoms with E-state index >= 15 is 0 Å². The molecule has 0 radical (unpaired) electrons. The van der Waals surface area contributed by atoms with Gasteiger partial charge in [-0.05, 0) is 63.1 Å². The number of hydrogen-bond donors (Lipinski definition) is 1. The Balaban J connectivity index is 2.16. The smallest absolute Gasteiger partial charge is 0.242 e. The van der Waals surface area contributed by atoms with Crippen LogP contribution in [0.15, 0.2) is 48.5 Å². The van der Waals surface area contributed by atoms with E-state index < -0.39 is 21.9 Å². The van der Waals surface area contributed by atoms with Gasteiger partial charge >= 0.3 is 0 Å². The quantitative estimate of drug-likeness (QED) is 0.494. The SMILES string of the molecule is CC(C)NC(=O)[C@@H](C)N(Cc1ccc(F)cc1)C(=O)CCCN(c1cccc(Cl)c1)S(C)(=O)=O. The summed E-state index contributed by atoms with van der Waals surface area (Å²) < 4.78 is 39.2. The fourth-order valence-electron chi connectivity index (χ4n) is 3.41. The number of nitrogens with zero attached hydrogens (tertiary/aromatic N) is 2. The van der Waals surface area contributed by atoms with Crippen molar-refractivity contribution in [2.45, 2.75) is 52.2 Å². The van der Waals surface area contributed by atoms with E-state index in [0.29, 0.717) is 16.3 Å². The van der Waals surface area contributed by atoms with Gasteiger partial charge in [-0.3, -0.25) is 13.9 Å². The lowest BCUT2D eigenvalue weighted by atomic mass is 10.1. The van der Waals surface area contributed by atoms with Crippen LogP contribution < -0.4 is 9.62 Å². The number of hydrogen-bond acceptors (Lipinski definition) is 4. The Morgan fingerprint density at radius 3 is 2.29 bits per heavy atom. The zero-order valence-corrected chi connectivity index (χ0v) is 21.4. The van der Waals surface area contributed by atoms with Crippen molar-refractivity contribution < 1.29 is 22.4 Å². The first kappa shape index (κ1) is 27.6. The highest BCUT2D eigenvalue weighted by atomic mass is 35.5. The number of halogens is 2. The number of sulfonamides is 1. The molecule has 0 saturated carbocycles. The molecule has 0 aliphatic rings. The van der Waals surface area contributed by atoms with Gasteiger partial charge in [-0.15, -0.1) is 0 Å². The first-order valence-corrected chi connectivity index (χ1v) is 13.2. The molecule has 0 saturated heterocycles. The van der Waals surface area contributed by atoms with Crippen LogP contribution in [0.5, 0.6) is 0 Å². The van der Waals surface area contributed by atoms with Crippen LogP contribution in [0.2, 0.25) is 5.02 Å². The fourth-order valence-corrected chi connectivity index (χ4v) is 4.55. The summed E-state index contributed by atoms with van der Waals surface area (Å²) in [6.07, 6.45) is 1.35. The number of rotatable bonds is 11. The second kappa shape index (κ2) is 12.2. The van der Waals surface area contributed by atoms with E-state index in [1.54, 1.807) is 43.3 Å². The van der Waals surface area contributed by atoms with Crippen LogP contribution in [0.4, 0.5) is 10.1 Å². The molecule has 0 aliphatic heterocycles. The molecule has 0 heterocycles. The number of carbonyl (C=O) groups excluding carboxylic acids is 2. The standard InChI is InChI=1S/C24H31ClFN3O4S/c1-17(2)27-24(31)18(3)28(16-19-10-12-21(26)13-11-19)23(30)9-6-14-29(34(4,32)33)22-8-5-7-20(25)15-22/h5,7-8,10-13,15,17-18H,6,9,14,16H2,1-4H3,(H,27,31)/t18-/m1/s1. The lowest BCUT2D eigenvalue weighted by Crippen LogP contribution is -2.49. The van der Waals surface area contributed by atoms with E-state index in [0.717, 1.165) is 6.26 Å². The maximum absolute atomic E-state index is 13.3. The molecular formula is C24H31ClFN3O4S. The van der Waals surface area contributed by atoms with Gasteiger partial charge in [-0.2, -0.15) is 0 Å². The Hall–Kier alpha value is -2.65. The van der Waals surface area contributed by atoms with Crippen molar-refractivity contribution in [2.24, 2.45) is 0 Å². The summed E-state index contributed by atoms with van der Waals surface area (Å²) in [5.41, 5.74) is 1.09. The third kappa shape index (κ3) is 8.29. The van der Waals surface area contributed by atoms with Gasteiger partial charge < -0.3 is 10.2 Å². The second-order valence-electron chi connectivity index (χ2n) is 8.41. The predicted octanol–water partition coefficient (Wildman–Crippen LogP) is 3.97. The average molecular weight is 512 g/mol. The third-order valence-corrected chi connectivity index (χ3v) is 6.54. The third-order valence-electron chi connectivity index (χ3n) is 5.11. The van der Waals surface area contributed by atoms with Gasteiger partial charge in [0, 0.05) is 30.6 Å². The molecule has 186 valence electrons. The number of benzene rings is 2. The lowest BCUT2D eigenvalue weighted by molar-refractivity contribution is -0.140. The Labute approximate surface area is 205 Å². The van der Waals surface area contributed by atoms with Crippen molar-refractivity contribution in [1.82, 2.24) is 10.2 Å². The van der Waals surface area contributed by atoms with Crippen LogP contribution in [0.3, 0.4) is 0 Å². The van der Waals surface area contributed by atoms with Gasteiger partial charge in [0.1, 0.15) is 11.9 Å². The van der Waals surface area contributed by atoms with Crippen molar-refractivity contribution in [3.8, 4) is 0 Å². The fraction of sp³-hybridized carbons (Fsp3) is 0.417. The van der Waals surface area contributed by atoms with Crippen molar-refractivity contribution in [1.29, 1.82) is 0 Å². The first-order valence-electron chi connectivity index (χ1n) is 11.0. The van der Waals surface area contributed by atoms with Gasteiger partial charge in [0.2, 0.25) is 21.8 Å². The van der Waals surface area contributed by atoms with E-state index in [1.807, 2.05) is 13.8 Å². The van der Waals surface area contributed by atoms with Gasteiger partial charge in [-0.1, -0.05) is 29.8 Å². The highest BCUT2D eigenvalue weighted by Gasteiger charge is 2.27. The molecule has 1 atom stereocenters. The molecule has 0 spiro atoms. The molecule has 2 rings (SSSR count). The maximum Gasteiger partial charge on any atom is 0.242 e. The van der Waals surface area contributed by atoms with Crippen molar-refractivity contribution >= 4 is 39.1 Å². The molecule has 0 fully saturated rings. The minimum atomic E-state index is -3.60. The van der Waals surface area contributed by atoms with Crippen LogP contribution in [-0.2, 0) is 26.2 Å². The van der Waals surface area contributed by atoms with Crippen LogP contribution in [0.25, 0.3) is 0 Å². The van der Waals surface area contributed by atoms with Gasteiger partial charge in [0.25, 0.3) is 0 Å². The Bertz CT molecular complexity index is 1090. The van der Waals surface area contributed by atoms with Crippen molar-refractivity contribution in [3.05, 3.63) is 64.9 Å². The summed E-state index contributed by atoms with van der Waals surface area (Å²) in [6, 6.07) is 11.3. The lowest BCUT2D eigenvalue weighted by Gasteiger charge is -2.30.